The summed E-state index contributed by atoms with van der Waals surface area (Å²) in [6.07, 6.45) is 0.657. The van der Waals surface area contributed by atoms with Crippen LogP contribution < -0.4 is 5.73 Å². The lowest BCUT2D eigenvalue weighted by Crippen LogP contribution is -2.33. The van der Waals surface area contributed by atoms with Gasteiger partial charge in [-0.25, -0.2) is 19.5 Å². The van der Waals surface area contributed by atoms with E-state index in [1.165, 1.54) is 17.2 Å². The van der Waals surface area contributed by atoms with Crippen molar-refractivity contribution in [3.63, 3.8) is 0 Å². The molecule has 0 saturated carbocycles. The molecule has 31 heavy (non-hydrogen) atoms. The number of phosphoric acid groups is 1. The van der Waals surface area contributed by atoms with Crippen LogP contribution in [0.1, 0.15) is 45.3 Å². The van der Waals surface area contributed by atoms with Crippen molar-refractivity contribution in [3.8, 4) is 0 Å². The van der Waals surface area contributed by atoms with Crippen LogP contribution in [0.2, 0.25) is 0 Å². The van der Waals surface area contributed by atoms with Gasteiger partial charge < -0.3 is 25.2 Å². The van der Waals surface area contributed by atoms with E-state index in [0.29, 0.717) is 6.42 Å². The number of aliphatic hydroxyl groups is 2. The number of nitrogens with two attached hydrogens (primary N) is 1. The molecule has 0 spiro atoms. The number of carbonyl (C=O) groups is 1. The van der Waals surface area contributed by atoms with Crippen LogP contribution in [0.4, 0.5) is 5.82 Å². The van der Waals surface area contributed by atoms with E-state index in [4.69, 9.17) is 15.0 Å². The van der Waals surface area contributed by atoms with Crippen molar-refractivity contribution in [1.29, 1.82) is 0 Å². The van der Waals surface area contributed by atoms with Crippen molar-refractivity contribution in [2.45, 2.75) is 63.6 Å². The monoisotopic (exact) mass is 459 g/mol. The first-order valence-electron chi connectivity index (χ1n) is 9.88. The van der Waals surface area contributed by atoms with Gasteiger partial charge in [-0.3, -0.25) is 18.8 Å². The van der Waals surface area contributed by atoms with Gasteiger partial charge in [0.15, 0.2) is 17.7 Å². The van der Waals surface area contributed by atoms with Gasteiger partial charge in [-0.1, -0.05) is 26.2 Å². The fourth-order valence-corrected chi connectivity index (χ4v) is 3.95. The molecule has 3 heterocycles. The third-order valence-electron chi connectivity index (χ3n) is 4.85. The average molecular weight is 459 g/mol. The molecule has 5 N–H and O–H groups in total. The number of nitrogen functional groups attached to an aromatic ring is 1. The summed E-state index contributed by atoms with van der Waals surface area (Å²) in [6.45, 7) is 1.42. The highest BCUT2D eigenvalue weighted by atomic mass is 31.2. The molecule has 1 aliphatic rings. The molecule has 13 nitrogen and oxygen atoms in total. The molecule has 3 rings (SSSR count). The first-order valence-corrected chi connectivity index (χ1v) is 11.4. The zero-order valence-electron chi connectivity index (χ0n) is 16.9. The molecule has 0 aliphatic carbocycles. The van der Waals surface area contributed by atoms with E-state index in [2.05, 4.69) is 19.5 Å². The number of unbranched alkanes of at least 4 members (excludes halogenated alkanes) is 3. The predicted octanol–water partition coefficient (Wildman–Crippen LogP) is 0.658. The minimum absolute atomic E-state index is 0.00402. The molecule has 0 aromatic carbocycles. The number of fused-ring (bicyclic) bond motifs is 1. The number of nitrogens with zero attached hydrogens (tertiary/aromatic N) is 4. The number of aromatic nitrogens is 4. The van der Waals surface area contributed by atoms with E-state index in [9.17, 15) is 24.5 Å². The number of imidazole rings is 1. The zero-order chi connectivity index (χ0) is 22.6. The number of anilines is 1. The molecule has 2 aromatic rings. The van der Waals surface area contributed by atoms with Crippen molar-refractivity contribution in [2.24, 2.45) is 0 Å². The number of rotatable bonds is 10. The average Bonchev–Trinajstić information content (AvgIpc) is 3.26. The Bertz CT molecular complexity index is 956. The lowest BCUT2D eigenvalue weighted by molar-refractivity contribution is -0.136. The molecular weight excluding hydrogens is 433 g/mol. The number of aliphatic hydroxyl groups excluding tert-OH is 2. The summed E-state index contributed by atoms with van der Waals surface area (Å²) in [5, 5.41) is 20.6. The van der Waals surface area contributed by atoms with Crippen molar-refractivity contribution in [2.75, 3.05) is 12.3 Å². The second kappa shape index (κ2) is 9.98. The number of ether oxygens (including phenoxy) is 1. The van der Waals surface area contributed by atoms with Gasteiger partial charge in [0.1, 0.15) is 30.2 Å². The summed E-state index contributed by atoms with van der Waals surface area (Å²) in [5.74, 6) is -0.718. The van der Waals surface area contributed by atoms with E-state index < -0.39 is 44.9 Å². The Morgan fingerprint density at radius 3 is 2.77 bits per heavy atom. The van der Waals surface area contributed by atoms with Gasteiger partial charge in [0, 0.05) is 6.42 Å². The lowest BCUT2D eigenvalue weighted by Gasteiger charge is -2.17. The van der Waals surface area contributed by atoms with Crippen molar-refractivity contribution in [3.05, 3.63) is 12.7 Å². The van der Waals surface area contributed by atoms with Crippen LogP contribution in [-0.2, 0) is 23.1 Å². The maximum absolute atomic E-state index is 12.0. The number of hydrogen-bond donors (Lipinski definition) is 4. The standard InChI is InChI=1S/C17H26N5O8P/c1-2-3-4-5-6-11(23)30-31(26,27)28-7-10-13(24)14(25)17(29-10)22-9-21-12-15(18)19-8-20-16(12)22/h8-10,13-14,17,24-25H,2-7H2,1H3,(H,26,27)(H2,18,19,20)/t10-,13-,14-,17-/m1/s1. The predicted molar refractivity (Wildman–Crippen MR) is 106 cm³/mol. The summed E-state index contributed by atoms with van der Waals surface area (Å²) < 4.78 is 28.3. The van der Waals surface area contributed by atoms with Crippen LogP contribution in [0, 0.1) is 0 Å². The molecule has 5 atom stereocenters. The second-order valence-corrected chi connectivity index (χ2v) is 8.55. The van der Waals surface area contributed by atoms with E-state index in [-0.39, 0.29) is 23.4 Å². The highest BCUT2D eigenvalue weighted by Gasteiger charge is 2.45. The fraction of sp³-hybridized carbons (Fsp3) is 0.647. The van der Waals surface area contributed by atoms with Gasteiger partial charge in [-0.15, -0.1) is 0 Å². The minimum Gasteiger partial charge on any atom is -0.387 e. The number of phosphoric ester groups is 1. The van der Waals surface area contributed by atoms with E-state index in [1.807, 2.05) is 6.92 Å². The van der Waals surface area contributed by atoms with Crippen molar-refractivity contribution >= 4 is 30.8 Å². The van der Waals surface area contributed by atoms with Crippen molar-refractivity contribution in [1.82, 2.24) is 19.5 Å². The third-order valence-corrected chi connectivity index (χ3v) is 5.76. The van der Waals surface area contributed by atoms with Crippen molar-refractivity contribution < 1.29 is 38.3 Å². The maximum Gasteiger partial charge on any atom is 0.529 e. The van der Waals surface area contributed by atoms with Crippen LogP contribution in [0.3, 0.4) is 0 Å². The SMILES string of the molecule is CCCCCCC(=O)OP(=O)(O)OC[C@H]1O[C@@H](n2cnc3c(N)ncnc32)[C@H](O)[C@@H]1O. The van der Waals surface area contributed by atoms with Crippen LogP contribution in [-0.4, -0.2) is 65.5 Å². The van der Waals surface area contributed by atoms with Gasteiger partial charge in [0.05, 0.1) is 12.9 Å². The summed E-state index contributed by atoms with van der Waals surface area (Å²) >= 11 is 0. The van der Waals surface area contributed by atoms with Crippen LogP contribution in [0.5, 0.6) is 0 Å². The van der Waals surface area contributed by atoms with Gasteiger partial charge in [-0.05, 0) is 6.42 Å². The molecule has 14 heteroatoms. The summed E-state index contributed by atoms with van der Waals surface area (Å²) in [6, 6.07) is 0. The smallest absolute Gasteiger partial charge is 0.387 e. The Kier molecular flexibility index (Phi) is 7.57. The van der Waals surface area contributed by atoms with Crippen LogP contribution in [0.15, 0.2) is 12.7 Å². The van der Waals surface area contributed by atoms with Crippen LogP contribution in [0.25, 0.3) is 11.2 Å². The Balaban J connectivity index is 1.58. The normalized spacial score (nSPS) is 25.5. The molecule has 1 saturated heterocycles. The summed E-state index contributed by atoms with van der Waals surface area (Å²) in [4.78, 5) is 33.4. The third kappa shape index (κ3) is 5.56. The lowest BCUT2D eigenvalue weighted by atomic mass is 10.1. The Hall–Kier alpha value is -2.15. The van der Waals surface area contributed by atoms with Gasteiger partial charge in [0.2, 0.25) is 0 Å². The molecule has 1 fully saturated rings. The first kappa shape index (κ1) is 23.5. The summed E-state index contributed by atoms with van der Waals surface area (Å²) in [5.41, 5.74) is 6.30. The van der Waals surface area contributed by atoms with E-state index in [0.717, 1.165) is 19.3 Å². The highest BCUT2D eigenvalue weighted by molar-refractivity contribution is 7.48. The van der Waals surface area contributed by atoms with E-state index >= 15 is 0 Å². The molecule has 0 amide bonds. The molecular formula is C17H26N5O8P. The topological polar surface area (TPSA) is 192 Å². The van der Waals surface area contributed by atoms with Gasteiger partial charge >= 0.3 is 13.8 Å². The van der Waals surface area contributed by atoms with E-state index in [1.54, 1.807) is 0 Å². The summed E-state index contributed by atoms with van der Waals surface area (Å²) in [7, 11) is -4.71. The molecule has 0 bridgehead atoms. The quantitative estimate of drug-likeness (QED) is 0.287. The molecule has 2 aromatic heterocycles. The van der Waals surface area contributed by atoms with Crippen LogP contribution >= 0.6 is 7.82 Å². The van der Waals surface area contributed by atoms with Gasteiger partial charge in [0.25, 0.3) is 0 Å². The molecule has 0 radical (unpaired) electrons. The molecule has 172 valence electrons. The minimum atomic E-state index is -4.71. The Labute approximate surface area is 177 Å². The van der Waals surface area contributed by atoms with Gasteiger partial charge in [-0.2, -0.15) is 0 Å². The first-order chi connectivity index (χ1) is 14.7. The molecule has 1 aliphatic heterocycles. The number of hydrogen-bond acceptors (Lipinski definition) is 11. The zero-order valence-corrected chi connectivity index (χ0v) is 17.8. The second-order valence-electron chi connectivity index (χ2n) is 7.17. The molecule has 1 unspecified atom stereocenters. The fourth-order valence-electron chi connectivity index (χ4n) is 3.22. The Morgan fingerprint density at radius 2 is 2.03 bits per heavy atom. The largest absolute Gasteiger partial charge is 0.529 e. The number of carbonyl (C=O) groups excluding carboxylic acids is 1. The highest BCUT2D eigenvalue weighted by Crippen LogP contribution is 2.45. The Morgan fingerprint density at radius 1 is 1.26 bits per heavy atom. The maximum atomic E-state index is 12.0.